The van der Waals surface area contributed by atoms with Crippen molar-refractivity contribution in [3.8, 4) is 0 Å². The normalized spacial score (nSPS) is 4.00. The molecule has 0 aliphatic heterocycles. The van der Waals surface area contributed by atoms with Crippen molar-refractivity contribution in [2.24, 2.45) is 0 Å². The minimum absolute atomic E-state index is 0. The van der Waals surface area contributed by atoms with E-state index in [1.54, 1.807) is 0 Å². The molecule has 0 aromatic carbocycles. The fraction of sp³-hybridized carbons (Fsp3) is 0. The third kappa shape index (κ3) is 318. The molecule has 2 N–H and O–H groups in total. The van der Waals surface area contributed by atoms with Crippen LogP contribution in [0.1, 0.15) is 0 Å². The van der Waals surface area contributed by atoms with Crippen LogP contribution in [0.25, 0.3) is 0 Å². The minimum atomic E-state index is -1.83. The van der Waals surface area contributed by atoms with Crippen LogP contribution in [-0.2, 0) is 0 Å². The van der Waals surface area contributed by atoms with Gasteiger partial charge in [-0.25, -0.2) is 4.79 Å². The first-order valence-corrected chi connectivity index (χ1v) is 0.651. The number of rotatable bonds is 0. The van der Waals surface area contributed by atoms with Crippen LogP contribution in [0.2, 0.25) is 0 Å². The van der Waals surface area contributed by atoms with E-state index in [-0.39, 0.29) is 36.2 Å². The van der Waals surface area contributed by atoms with Crippen LogP contribution in [0.5, 0.6) is 0 Å². The molecule has 3 nitrogen and oxygen atoms in total. The first-order chi connectivity index (χ1) is 1.73. The molecule has 32 valence electrons. The zero-order valence-electron chi connectivity index (χ0n) is 1.80. The molecular formula is CH6AlLiO3. The number of hydrogen-bond acceptors (Lipinski definition) is 1. The van der Waals surface area contributed by atoms with Gasteiger partial charge in [-0.1, -0.05) is 0 Å². The van der Waals surface area contributed by atoms with Crippen molar-refractivity contribution in [1.82, 2.24) is 0 Å². The first kappa shape index (κ1) is 16.1. The van der Waals surface area contributed by atoms with E-state index in [0.717, 1.165) is 0 Å². The Hall–Kier alpha value is 0.400. The second-order valence-electron chi connectivity index (χ2n) is 0.283. The molecular weight excluding hydrogens is 93.9 g/mol. The maximum atomic E-state index is 8.56. The van der Waals surface area contributed by atoms with E-state index in [1.807, 2.05) is 0 Å². The Balaban J connectivity index is -0.0000000450. The van der Waals surface area contributed by atoms with Crippen molar-refractivity contribution in [1.29, 1.82) is 0 Å². The molecule has 6 heavy (non-hydrogen) atoms. The zero-order valence-corrected chi connectivity index (χ0v) is 1.80. The average Bonchev–Trinajstić information content (AvgIpc) is 0.811. The van der Waals surface area contributed by atoms with Crippen molar-refractivity contribution in [3.63, 3.8) is 0 Å². The van der Waals surface area contributed by atoms with Crippen LogP contribution in [-0.4, -0.2) is 52.6 Å². The van der Waals surface area contributed by atoms with Crippen molar-refractivity contribution in [2.75, 3.05) is 0 Å². The summed E-state index contributed by atoms with van der Waals surface area (Å²) in [6.45, 7) is 0. The second-order valence-corrected chi connectivity index (χ2v) is 0.283. The molecule has 0 radical (unpaired) electrons. The molecule has 0 saturated heterocycles. The Morgan fingerprint density at radius 1 is 1.33 bits per heavy atom. The number of carbonyl (C=O) groups is 1. The maximum absolute atomic E-state index is 8.56. The van der Waals surface area contributed by atoms with Crippen LogP contribution in [0.15, 0.2) is 0 Å². The Morgan fingerprint density at radius 2 is 1.33 bits per heavy atom. The molecule has 0 atom stereocenters. The van der Waals surface area contributed by atoms with Crippen LogP contribution in [0.4, 0.5) is 4.79 Å². The summed E-state index contributed by atoms with van der Waals surface area (Å²) >= 11 is 0. The van der Waals surface area contributed by atoms with Crippen LogP contribution < -0.4 is 0 Å². The average molecular weight is 100.0 g/mol. The summed E-state index contributed by atoms with van der Waals surface area (Å²) in [5.41, 5.74) is 0. The fourth-order valence-corrected chi connectivity index (χ4v) is 0. The van der Waals surface area contributed by atoms with Gasteiger partial charge >= 0.3 is 25.0 Å². The predicted molar refractivity (Wildman–Crippen MR) is 27.7 cm³/mol. The van der Waals surface area contributed by atoms with Gasteiger partial charge in [0.25, 0.3) is 0 Å². The van der Waals surface area contributed by atoms with Gasteiger partial charge in [0.1, 0.15) is 0 Å². The monoisotopic (exact) mass is 100 g/mol. The Labute approximate surface area is 57.7 Å². The van der Waals surface area contributed by atoms with Crippen LogP contribution >= 0.6 is 0 Å². The van der Waals surface area contributed by atoms with E-state index in [0.29, 0.717) is 0 Å². The molecule has 0 amide bonds. The van der Waals surface area contributed by atoms with E-state index in [9.17, 15) is 0 Å². The Kier molecular flexibility index (Phi) is 24.3. The summed E-state index contributed by atoms with van der Waals surface area (Å²) in [6.07, 6.45) is -1.83. The van der Waals surface area contributed by atoms with E-state index in [2.05, 4.69) is 0 Å². The van der Waals surface area contributed by atoms with Crippen molar-refractivity contribution in [2.45, 2.75) is 0 Å². The summed E-state index contributed by atoms with van der Waals surface area (Å²) in [7, 11) is 0. The molecule has 0 aromatic rings. The van der Waals surface area contributed by atoms with E-state index >= 15 is 0 Å². The van der Waals surface area contributed by atoms with Gasteiger partial charge in [-0.3, -0.25) is 0 Å². The zero-order chi connectivity index (χ0) is 3.58. The van der Waals surface area contributed by atoms with Gasteiger partial charge in [-0.05, 0) is 0 Å². The van der Waals surface area contributed by atoms with Crippen molar-refractivity contribution >= 4 is 42.4 Å². The summed E-state index contributed by atoms with van der Waals surface area (Å²) < 4.78 is 0. The van der Waals surface area contributed by atoms with Crippen molar-refractivity contribution in [3.05, 3.63) is 0 Å². The van der Waals surface area contributed by atoms with Gasteiger partial charge in [-0.15, -0.1) is 0 Å². The first-order valence-electron chi connectivity index (χ1n) is 0.651. The molecule has 5 heteroatoms. The molecule has 0 aliphatic carbocycles. The van der Waals surface area contributed by atoms with E-state index < -0.39 is 6.16 Å². The SMILES string of the molecule is O=C(O)O.[AlH3].[LiH]. The summed E-state index contributed by atoms with van der Waals surface area (Å²) in [5, 5.41) is 13.9. The van der Waals surface area contributed by atoms with Crippen molar-refractivity contribution < 1.29 is 15.0 Å². The Morgan fingerprint density at radius 3 is 1.33 bits per heavy atom. The molecule has 0 aliphatic rings. The molecule has 0 fully saturated rings. The topological polar surface area (TPSA) is 57.5 Å². The van der Waals surface area contributed by atoms with Gasteiger partial charge in [-0.2, -0.15) is 0 Å². The summed E-state index contributed by atoms with van der Waals surface area (Å²) in [4.78, 5) is 8.56. The number of hydrogen-bond donors (Lipinski definition) is 2. The van der Waals surface area contributed by atoms with Crippen LogP contribution in [0, 0.1) is 0 Å². The number of carboxylic acid groups (broad SMARTS) is 2. The molecule has 0 heterocycles. The summed E-state index contributed by atoms with van der Waals surface area (Å²) in [5.74, 6) is 0. The quantitative estimate of drug-likeness (QED) is 0.360. The summed E-state index contributed by atoms with van der Waals surface area (Å²) in [6, 6.07) is 0. The third-order valence-electron chi connectivity index (χ3n) is 0. The fourth-order valence-electron chi connectivity index (χ4n) is 0. The van der Waals surface area contributed by atoms with E-state index in [4.69, 9.17) is 15.0 Å². The second kappa shape index (κ2) is 9.04. The molecule has 0 aromatic heterocycles. The van der Waals surface area contributed by atoms with Gasteiger partial charge in [0.2, 0.25) is 0 Å². The third-order valence-corrected chi connectivity index (χ3v) is 0. The van der Waals surface area contributed by atoms with Gasteiger partial charge < -0.3 is 10.2 Å². The molecule has 0 rings (SSSR count). The van der Waals surface area contributed by atoms with Gasteiger partial charge in [0.15, 0.2) is 17.4 Å². The van der Waals surface area contributed by atoms with Gasteiger partial charge in [0, 0.05) is 0 Å². The molecule has 0 bridgehead atoms. The standard InChI is InChI=1S/CH2O3.Al.Li.4H/c2-1(3)4;;;;;;/h(H2,2,3,4);;;;;;. The molecule has 0 saturated carbocycles. The van der Waals surface area contributed by atoms with E-state index in [1.165, 1.54) is 0 Å². The molecule has 0 spiro atoms. The Bertz CT molecular complexity index is 33.8. The van der Waals surface area contributed by atoms with Gasteiger partial charge in [0.05, 0.1) is 0 Å². The molecule has 0 unspecified atom stereocenters. The van der Waals surface area contributed by atoms with Crippen LogP contribution in [0.3, 0.4) is 0 Å². The predicted octanol–water partition coefficient (Wildman–Crippen LogP) is -1.61.